The summed E-state index contributed by atoms with van der Waals surface area (Å²) in [6, 6.07) is 5.55. The lowest BCUT2D eigenvalue weighted by atomic mass is 10.2. The predicted molar refractivity (Wildman–Crippen MR) is 84.6 cm³/mol. The van der Waals surface area contributed by atoms with Crippen LogP contribution in [-0.2, 0) is 20.1 Å². The first-order chi connectivity index (χ1) is 10.0. The third-order valence-electron chi connectivity index (χ3n) is 3.80. The van der Waals surface area contributed by atoms with Crippen LogP contribution in [-0.4, -0.2) is 26.7 Å². The van der Waals surface area contributed by atoms with E-state index < -0.39 is 0 Å². The summed E-state index contributed by atoms with van der Waals surface area (Å²) in [7, 11) is 4.09. The molecule has 1 fully saturated rings. The molecule has 2 aromatic rings. The van der Waals surface area contributed by atoms with Crippen molar-refractivity contribution in [2.45, 2.75) is 31.8 Å². The number of hydrogen-bond acceptors (Lipinski definition) is 3. The molecule has 4 nitrogen and oxygen atoms in total. The van der Waals surface area contributed by atoms with Crippen LogP contribution in [0.2, 0.25) is 10.0 Å². The summed E-state index contributed by atoms with van der Waals surface area (Å²) < 4.78 is 2.12. The fourth-order valence-electron chi connectivity index (χ4n) is 2.46. The number of nitrogens with zero attached hydrogens (tertiary/aromatic N) is 4. The van der Waals surface area contributed by atoms with E-state index >= 15 is 0 Å². The predicted octanol–water partition coefficient (Wildman–Crippen LogP) is 3.63. The highest BCUT2D eigenvalue weighted by Gasteiger charge is 2.29. The van der Waals surface area contributed by atoms with E-state index in [2.05, 4.69) is 19.7 Å². The molecule has 0 bridgehead atoms. The van der Waals surface area contributed by atoms with E-state index in [1.807, 2.05) is 26.2 Å². The zero-order valence-electron chi connectivity index (χ0n) is 12.2. The highest BCUT2D eigenvalue weighted by molar-refractivity contribution is 6.33. The van der Waals surface area contributed by atoms with Gasteiger partial charge >= 0.3 is 0 Å². The van der Waals surface area contributed by atoms with Gasteiger partial charge in [0.1, 0.15) is 11.6 Å². The van der Waals surface area contributed by atoms with Crippen LogP contribution in [0.25, 0.3) is 0 Å². The Morgan fingerprint density at radius 3 is 2.71 bits per heavy atom. The van der Waals surface area contributed by atoms with Crippen LogP contribution in [0.1, 0.15) is 36.0 Å². The van der Waals surface area contributed by atoms with E-state index in [1.54, 1.807) is 6.07 Å². The fourth-order valence-corrected chi connectivity index (χ4v) is 2.83. The second-order valence-corrected chi connectivity index (χ2v) is 6.56. The SMILES string of the molecule is CN(Cc1cc(Cl)ccc1Cl)Cc1nnc(C2CC2)n1C. The van der Waals surface area contributed by atoms with Gasteiger partial charge in [0.05, 0.1) is 6.54 Å². The van der Waals surface area contributed by atoms with Crippen LogP contribution in [0.4, 0.5) is 0 Å². The van der Waals surface area contributed by atoms with Crippen molar-refractivity contribution in [1.82, 2.24) is 19.7 Å². The Morgan fingerprint density at radius 2 is 2.00 bits per heavy atom. The van der Waals surface area contributed by atoms with Gasteiger partial charge in [-0.15, -0.1) is 10.2 Å². The molecule has 1 aliphatic rings. The Labute approximate surface area is 134 Å². The molecular formula is C15H18Cl2N4. The monoisotopic (exact) mass is 324 g/mol. The molecule has 112 valence electrons. The third-order valence-corrected chi connectivity index (χ3v) is 4.40. The van der Waals surface area contributed by atoms with Crippen molar-refractivity contribution in [3.63, 3.8) is 0 Å². The first-order valence-corrected chi connectivity index (χ1v) is 7.81. The summed E-state index contributed by atoms with van der Waals surface area (Å²) in [4.78, 5) is 2.16. The van der Waals surface area contributed by atoms with E-state index in [1.165, 1.54) is 12.8 Å². The van der Waals surface area contributed by atoms with E-state index in [0.29, 0.717) is 10.9 Å². The lowest BCUT2D eigenvalue weighted by Crippen LogP contribution is -2.20. The number of halogens is 2. The number of benzene rings is 1. The van der Waals surface area contributed by atoms with Gasteiger partial charge in [-0.25, -0.2) is 0 Å². The Hall–Kier alpha value is -1.10. The first kappa shape index (κ1) is 14.8. The van der Waals surface area contributed by atoms with Crippen molar-refractivity contribution >= 4 is 23.2 Å². The van der Waals surface area contributed by atoms with Crippen LogP contribution in [0, 0.1) is 0 Å². The molecule has 0 spiro atoms. The zero-order chi connectivity index (χ0) is 15.0. The molecule has 1 saturated carbocycles. The molecule has 6 heteroatoms. The minimum atomic E-state index is 0.615. The van der Waals surface area contributed by atoms with Gasteiger partial charge in [0.25, 0.3) is 0 Å². The van der Waals surface area contributed by atoms with Crippen molar-refractivity contribution in [3.8, 4) is 0 Å². The van der Waals surface area contributed by atoms with E-state index in [0.717, 1.165) is 35.3 Å². The van der Waals surface area contributed by atoms with Crippen molar-refractivity contribution in [1.29, 1.82) is 0 Å². The van der Waals surface area contributed by atoms with Gasteiger partial charge in [-0.1, -0.05) is 23.2 Å². The summed E-state index contributed by atoms with van der Waals surface area (Å²) in [5.41, 5.74) is 1.02. The lowest BCUT2D eigenvalue weighted by Gasteiger charge is -2.17. The second kappa shape index (κ2) is 5.95. The maximum atomic E-state index is 6.21. The molecule has 0 radical (unpaired) electrons. The average molecular weight is 325 g/mol. The van der Waals surface area contributed by atoms with Gasteiger partial charge in [-0.3, -0.25) is 4.90 Å². The van der Waals surface area contributed by atoms with Gasteiger partial charge < -0.3 is 4.57 Å². The number of hydrogen-bond donors (Lipinski definition) is 0. The normalized spacial score (nSPS) is 14.9. The zero-order valence-corrected chi connectivity index (χ0v) is 13.7. The summed E-state index contributed by atoms with van der Waals surface area (Å²) in [6.45, 7) is 1.46. The Balaban J connectivity index is 1.68. The summed E-state index contributed by atoms with van der Waals surface area (Å²) in [6.07, 6.45) is 2.47. The van der Waals surface area contributed by atoms with Crippen LogP contribution in [0.3, 0.4) is 0 Å². The molecule has 0 unspecified atom stereocenters. The molecule has 0 N–H and O–H groups in total. The Morgan fingerprint density at radius 1 is 1.24 bits per heavy atom. The van der Waals surface area contributed by atoms with Gasteiger partial charge in [0.15, 0.2) is 0 Å². The van der Waals surface area contributed by atoms with Crippen LogP contribution >= 0.6 is 23.2 Å². The average Bonchev–Trinajstić information content (AvgIpc) is 3.21. The van der Waals surface area contributed by atoms with Gasteiger partial charge in [-0.2, -0.15) is 0 Å². The van der Waals surface area contributed by atoms with Crippen LogP contribution in [0.15, 0.2) is 18.2 Å². The van der Waals surface area contributed by atoms with E-state index in [9.17, 15) is 0 Å². The maximum absolute atomic E-state index is 6.21. The molecule has 21 heavy (non-hydrogen) atoms. The van der Waals surface area contributed by atoms with Crippen LogP contribution in [0.5, 0.6) is 0 Å². The molecule has 1 aromatic heterocycles. The number of aromatic nitrogens is 3. The standard InChI is InChI=1S/C15H18Cl2N4/c1-20(8-11-7-12(16)5-6-13(11)17)9-14-18-19-15(21(14)2)10-3-4-10/h5-7,10H,3-4,8-9H2,1-2H3. The van der Waals surface area contributed by atoms with Crippen molar-refractivity contribution in [2.24, 2.45) is 7.05 Å². The smallest absolute Gasteiger partial charge is 0.146 e. The van der Waals surface area contributed by atoms with E-state index in [4.69, 9.17) is 23.2 Å². The Bertz CT molecular complexity index is 649. The molecule has 1 aromatic carbocycles. The van der Waals surface area contributed by atoms with Gasteiger partial charge in [-0.05, 0) is 43.7 Å². The minimum Gasteiger partial charge on any atom is -0.317 e. The topological polar surface area (TPSA) is 34.0 Å². The fraction of sp³-hybridized carbons (Fsp3) is 0.467. The van der Waals surface area contributed by atoms with Crippen molar-refractivity contribution < 1.29 is 0 Å². The Kier molecular flexibility index (Phi) is 4.20. The van der Waals surface area contributed by atoms with Crippen molar-refractivity contribution in [3.05, 3.63) is 45.5 Å². The summed E-state index contributed by atoms with van der Waals surface area (Å²) >= 11 is 12.2. The van der Waals surface area contributed by atoms with Gasteiger partial charge in [0.2, 0.25) is 0 Å². The highest BCUT2D eigenvalue weighted by Crippen LogP contribution is 2.38. The molecular weight excluding hydrogens is 307 g/mol. The maximum Gasteiger partial charge on any atom is 0.146 e. The second-order valence-electron chi connectivity index (χ2n) is 5.72. The quantitative estimate of drug-likeness (QED) is 0.842. The number of rotatable bonds is 5. The van der Waals surface area contributed by atoms with E-state index in [-0.39, 0.29) is 0 Å². The molecule has 0 atom stereocenters. The van der Waals surface area contributed by atoms with Crippen molar-refractivity contribution in [2.75, 3.05) is 7.05 Å². The highest BCUT2D eigenvalue weighted by atomic mass is 35.5. The largest absolute Gasteiger partial charge is 0.317 e. The minimum absolute atomic E-state index is 0.615. The molecule has 0 saturated heterocycles. The van der Waals surface area contributed by atoms with Crippen LogP contribution < -0.4 is 0 Å². The summed E-state index contributed by atoms with van der Waals surface area (Å²) in [5, 5.41) is 10.1. The van der Waals surface area contributed by atoms with Gasteiger partial charge in [0, 0.05) is 29.6 Å². The first-order valence-electron chi connectivity index (χ1n) is 7.05. The third kappa shape index (κ3) is 3.39. The molecule has 1 heterocycles. The molecule has 0 amide bonds. The summed E-state index contributed by atoms with van der Waals surface area (Å²) in [5.74, 6) is 2.71. The molecule has 0 aliphatic heterocycles. The molecule has 3 rings (SSSR count). The lowest BCUT2D eigenvalue weighted by molar-refractivity contribution is 0.306. The molecule has 1 aliphatic carbocycles.